The first-order valence-electron chi connectivity index (χ1n) is 12.3. The summed E-state index contributed by atoms with van der Waals surface area (Å²) in [4.78, 5) is 17.9. The quantitative estimate of drug-likeness (QED) is 0.365. The molecule has 0 bridgehead atoms. The molecule has 0 radical (unpaired) electrons. The first-order chi connectivity index (χ1) is 16.2. The van der Waals surface area contributed by atoms with Crippen molar-refractivity contribution in [1.82, 2.24) is 5.32 Å². The number of nitrogens with zero attached hydrogens (tertiary/aromatic N) is 1. The fourth-order valence-electron chi connectivity index (χ4n) is 4.11. The van der Waals surface area contributed by atoms with Gasteiger partial charge in [0.25, 0.3) is 5.91 Å². The van der Waals surface area contributed by atoms with Crippen LogP contribution in [0.2, 0.25) is 0 Å². The highest BCUT2D eigenvalue weighted by Crippen LogP contribution is 2.31. The molecule has 0 saturated carbocycles. The van der Waals surface area contributed by atoms with Crippen molar-refractivity contribution in [2.24, 2.45) is 4.99 Å². The normalized spacial score (nSPS) is 12.4. The van der Waals surface area contributed by atoms with Crippen LogP contribution in [0.15, 0.2) is 77.8 Å². The summed E-state index contributed by atoms with van der Waals surface area (Å²) < 4.78 is 0. The lowest BCUT2D eigenvalue weighted by molar-refractivity contribution is 0.0951. The Kier molecular flexibility index (Phi) is 11.0. The van der Waals surface area contributed by atoms with Gasteiger partial charge in [0.2, 0.25) is 0 Å². The van der Waals surface area contributed by atoms with Crippen LogP contribution in [0, 0.1) is 0 Å². The van der Waals surface area contributed by atoms with Crippen molar-refractivity contribution in [2.75, 3.05) is 6.54 Å². The van der Waals surface area contributed by atoms with Crippen LogP contribution in [0.3, 0.4) is 0 Å². The summed E-state index contributed by atoms with van der Waals surface area (Å²) in [6.45, 7) is 8.94. The van der Waals surface area contributed by atoms with Gasteiger partial charge in [0.1, 0.15) is 0 Å². The topological polar surface area (TPSA) is 41.5 Å². The molecule has 1 aliphatic rings. The van der Waals surface area contributed by atoms with Gasteiger partial charge in [-0.3, -0.25) is 9.79 Å². The molecule has 1 atom stereocenters. The zero-order valence-electron chi connectivity index (χ0n) is 20.8. The van der Waals surface area contributed by atoms with Crippen LogP contribution in [0.4, 0.5) is 5.69 Å². The Balaban J connectivity index is 0.00000149. The van der Waals surface area contributed by atoms with Crippen molar-refractivity contribution >= 4 is 29.7 Å². The Labute approximate surface area is 212 Å². The number of halogens is 1. The third-order valence-corrected chi connectivity index (χ3v) is 6.02. The van der Waals surface area contributed by atoms with E-state index >= 15 is 0 Å². The van der Waals surface area contributed by atoms with Gasteiger partial charge in [-0.1, -0.05) is 94.8 Å². The third kappa shape index (κ3) is 6.80. The maximum Gasteiger partial charge on any atom is 0.251 e. The van der Waals surface area contributed by atoms with Crippen molar-refractivity contribution < 1.29 is 6.22 Å². The van der Waals surface area contributed by atoms with Gasteiger partial charge in [-0.05, 0) is 53.1 Å². The van der Waals surface area contributed by atoms with E-state index in [-0.39, 0.29) is 25.7 Å². The number of nitrogens with one attached hydrogen (secondary N) is 1. The van der Waals surface area contributed by atoms with Gasteiger partial charge in [0.15, 0.2) is 0 Å². The Morgan fingerprint density at radius 1 is 1.00 bits per heavy atom. The van der Waals surface area contributed by atoms with Gasteiger partial charge >= 0.3 is 0 Å². The molecule has 1 heterocycles. The number of carbonyl (C=O) groups excluding carboxylic acids is 1. The van der Waals surface area contributed by atoms with E-state index in [1.165, 1.54) is 22.3 Å². The molecular formula is C30H39ClN2O. The summed E-state index contributed by atoms with van der Waals surface area (Å²) >= 11 is 0. The Hall–Kier alpha value is -2.91. The lowest BCUT2D eigenvalue weighted by Gasteiger charge is -2.13. The molecule has 182 valence electrons. The Bertz CT molecular complexity index is 1100. The van der Waals surface area contributed by atoms with Gasteiger partial charge in [0, 0.05) is 25.7 Å². The molecular weight excluding hydrogens is 440 g/mol. The minimum Gasteiger partial charge on any atom is -0.351 e. The fourth-order valence-corrected chi connectivity index (χ4v) is 4.11. The molecule has 0 fully saturated rings. The smallest absolute Gasteiger partial charge is 0.251 e. The molecule has 34 heavy (non-hydrogen) atoms. The van der Waals surface area contributed by atoms with Crippen molar-refractivity contribution in [3.8, 4) is 0 Å². The number of aliphatic imine (C=N–C) groups is 1. The van der Waals surface area contributed by atoms with Crippen molar-refractivity contribution in [1.29, 1.82) is 0 Å². The fraction of sp³-hybridized carbons (Fsp3) is 0.333. The van der Waals surface area contributed by atoms with Crippen molar-refractivity contribution in [3.05, 3.63) is 101 Å². The molecule has 4 rings (SSSR count). The average molecular weight is 479 g/mol. The molecule has 3 aromatic rings. The van der Waals surface area contributed by atoms with Gasteiger partial charge in [-0.15, -0.1) is 12.4 Å². The molecule has 0 saturated heterocycles. The Morgan fingerprint density at radius 3 is 2.44 bits per heavy atom. The van der Waals surface area contributed by atoms with E-state index in [0.717, 1.165) is 37.1 Å². The van der Waals surface area contributed by atoms with Crippen LogP contribution in [-0.4, -0.2) is 18.2 Å². The first-order valence-corrected chi connectivity index (χ1v) is 12.3. The highest BCUT2D eigenvalue weighted by Gasteiger charge is 2.18. The predicted octanol–water partition coefficient (Wildman–Crippen LogP) is 8.13. The summed E-state index contributed by atoms with van der Waals surface area (Å²) in [5.74, 6) is 0.219. The van der Waals surface area contributed by atoms with E-state index in [9.17, 15) is 4.79 Å². The van der Waals surface area contributed by atoms with Gasteiger partial charge in [0.05, 0.1) is 5.69 Å². The number of rotatable bonds is 7. The molecule has 3 nitrogen and oxygen atoms in total. The molecule has 1 unspecified atom stereocenters. The largest absolute Gasteiger partial charge is 0.351 e. The first kappa shape index (κ1) is 27.3. The van der Waals surface area contributed by atoms with Crippen LogP contribution in [0.5, 0.6) is 0 Å². The highest BCUT2D eigenvalue weighted by molar-refractivity contribution is 6.04. The van der Waals surface area contributed by atoms with Crippen LogP contribution in [0.1, 0.15) is 86.9 Å². The number of fused-ring (bicyclic) bond motifs is 2. The number of carbonyl (C=O) groups is 1. The summed E-state index contributed by atoms with van der Waals surface area (Å²) in [5, 5.41) is 3.09. The molecule has 0 aliphatic carbocycles. The summed E-state index contributed by atoms with van der Waals surface area (Å²) in [5.41, 5.74) is 7.68. The van der Waals surface area contributed by atoms with Crippen LogP contribution < -0.4 is 5.32 Å². The summed E-state index contributed by atoms with van der Waals surface area (Å²) in [6.07, 6.45) is 4.05. The molecule has 1 N–H and O–H groups in total. The van der Waals surface area contributed by atoms with Gasteiger partial charge in [-0.2, -0.15) is 0 Å². The summed E-state index contributed by atoms with van der Waals surface area (Å²) in [6, 6.07) is 24.8. The minimum atomic E-state index is -0.0438. The molecule has 1 amide bonds. The predicted molar refractivity (Wildman–Crippen MR) is 149 cm³/mol. The van der Waals surface area contributed by atoms with E-state index in [1.807, 2.05) is 44.2 Å². The zero-order chi connectivity index (χ0) is 23.6. The molecule has 0 aromatic heterocycles. The second-order valence-electron chi connectivity index (χ2n) is 8.36. The van der Waals surface area contributed by atoms with E-state index in [0.29, 0.717) is 12.1 Å². The van der Waals surface area contributed by atoms with Crippen LogP contribution in [0.25, 0.3) is 0 Å². The standard InChI is InChI=1S/C28H30N2O.C2H6.ClH.H2/c1-3-4-14-26-25-13-9-8-12-22(25)17-23-15-16-24(18-27(23)30-26)28(31)29-19-20(2)21-10-6-5-7-11-21;1-2;;/h5-13,15-16,18,20H,3-4,14,17,19H2,1-2H3,(H,29,31);1-2H3;2*1H. The monoisotopic (exact) mass is 478 g/mol. The maximum absolute atomic E-state index is 12.9. The van der Waals surface area contributed by atoms with Crippen LogP contribution >= 0.6 is 12.4 Å². The van der Waals surface area contributed by atoms with E-state index in [1.54, 1.807) is 0 Å². The number of benzene rings is 3. The SMILES string of the molecule is CC.CCCCC1=Nc2cc(C(=O)NCC(C)c3ccccc3)ccc2Cc2ccccc21.Cl.[HH]. The molecule has 1 aliphatic heterocycles. The third-order valence-electron chi connectivity index (χ3n) is 6.02. The number of hydrogen-bond acceptors (Lipinski definition) is 2. The minimum absolute atomic E-state index is 0. The lowest BCUT2D eigenvalue weighted by Crippen LogP contribution is -2.27. The van der Waals surface area contributed by atoms with Crippen molar-refractivity contribution in [3.63, 3.8) is 0 Å². The second kappa shape index (κ2) is 13.7. The molecule has 4 heteroatoms. The van der Waals surface area contributed by atoms with Crippen molar-refractivity contribution in [2.45, 2.75) is 59.3 Å². The molecule has 3 aromatic carbocycles. The number of unbranched alkanes of at least 4 members (excludes halogenated alkanes) is 1. The average Bonchev–Trinajstić information content (AvgIpc) is 3.03. The number of amides is 1. The van der Waals surface area contributed by atoms with Crippen LogP contribution in [-0.2, 0) is 6.42 Å². The second-order valence-corrected chi connectivity index (χ2v) is 8.36. The number of hydrogen-bond donors (Lipinski definition) is 1. The molecule has 0 spiro atoms. The highest BCUT2D eigenvalue weighted by atomic mass is 35.5. The maximum atomic E-state index is 12.9. The van der Waals surface area contributed by atoms with E-state index in [2.05, 4.69) is 61.6 Å². The van der Waals surface area contributed by atoms with E-state index < -0.39 is 0 Å². The lowest BCUT2D eigenvalue weighted by atomic mass is 9.95. The Morgan fingerprint density at radius 2 is 1.71 bits per heavy atom. The van der Waals surface area contributed by atoms with Gasteiger partial charge < -0.3 is 5.32 Å². The van der Waals surface area contributed by atoms with Gasteiger partial charge in [-0.25, -0.2) is 0 Å². The summed E-state index contributed by atoms with van der Waals surface area (Å²) in [7, 11) is 0. The zero-order valence-corrected chi connectivity index (χ0v) is 21.6. The van der Waals surface area contributed by atoms with E-state index in [4.69, 9.17) is 4.99 Å².